The summed E-state index contributed by atoms with van der Waals surface area (Å²) in [6.45, 7) is 0. The first-order chi connectivity index (χ1) is 6.36. The Morgan fingerprint density at radius 3 is 3.08 bits per heavy atom. The summed E-state index contributed by atoms with van der Waals surface area (Å²) in [5, 5.41) is 5.25. The van der Waals surface area contributed by atoms with Gasteiger partial charge in [-0.3, -0.25) is 0 Å². The van der Waals surface area contributed by atoms with Crippen LogP contribution in [0, 0.1) is 0 Å². The summed E-state index contributed by atoms with van der Waals surface area (Å²) in [7, 11) is 0. The molecule has 2 aromatic heterocycles. The van der Waals surface area contributed by atoms with Crippen molar-refractivity contribution in [2.45, 2.75) is 18.9 Å². The first-order valence-electron chi connectivity index (χ1n) is 4.45. The van der Waals surface area contributed by atoms with E-state index >= 15 is 0 Å². The van der Waals surface area contributed by atoms with Crippen LogP contribution in [0.4, 0.5) is 5.82 Å². The molecular formula is C9H10N4. The number of fused-ring (bicyclic) bond motifs is 1. The SMILES string of the molecule is Nc1nn(C2CC2)c2ncccc12. The molecule has 2 aromatic rings. The second-order valence-electron chi connectivity index (χ2n) is 3.44. The average molecular weight is 174 g/mol. The van der Waals surface area contributed by atoms with Gasteiger partial charge in [-0.15, -0.1) is 0 Å². The number of hydrogen-bond acceptors (Lipinski definition) is 3. The zero-order valence-corrected chi connectivity index (χ0v) is 7.14. The Hall–Kier alpha value is -1.58. The molecule has 0 atom stereocenters. The van der Waals surface area contributed by atoms with E-state index in [0.717, 1.165) is 11.0 Å². The van der Waals surface area contributed by atoms with Crippen molar-refractivity contribution in [3.05, 3.63) is 18.3 Å². The Morgan fingerprint density at radius 1 is 1.46 bits per heavy atom. The standard InChI is InChI=1S/C9H10N4/c10-8-7-2-1-5-11-9(7)13(12-8)6-3-4-6/h1-2,5-6H,3-4H2,(H2,10,12). The van der Waals surface area contributed by atoms with Gasteiger partial charge in [0.25, 0.3) is 0 Å². The van der Waals surface area contributed by atoms with Crippen LogP contribution in [0.3, 0.4) is 0 Å². The van der Waals surface area contributed by atoms with Gasteiger partial charge in [0.1, 0.15) is 0 Å². The van der Waals surface area contributed by atoms with Gasteiger partial charge in [0.2, 0.25) is 0 Å². The average Bonchev–Trinajstić information content (AvgIpc) is 2.94. The third kappa shape index (κ3) is 0.915. The van der Waals surface area contributed by atoms with Crippen molar-refractivity contribution in [3.8, 4) is 0 Å². The number of nitrogen functional groups attached to an aromatic ring is 1. The van der Waals surface area contributed by atoms with Gasteiger partial charge in [-0.1, -0.05) is 0 Å². The van der Waals surface area contributed by atoms with Gasteiger partial charge in [0.05, 0.1) is 11.4 Å². The second-order valence-corrected chi connectivity index (χ2v) is 3.44. The van der Waals surface area contributed by atoms with Crippen LogP contribution in [0.25, 0.3) is 11.0 Å². The Balaban J connectivity index is 2.34. The maximum Gasteiger partial charge on any atom is 0.160 e. The fourth-order valence-electron chi connectivity index (χ4n) is 1.57. The molecule has 0 amide bonds. The first-order valence-corrected chi connectivity index (χ1v) is 4.45. The van der Waals surface area contributed by atoms with Crippen LogP contribution in [0.15, 0.2) is 18.3 Å². The lowest BCUT2D eigenvalue weighted by Crippen LogP contribution is -1.97. The highest BCUT2D eigenvalue weighted by atomic mass is 15.4. The molecular weight excluding hydrogens is 164 g/mol. The molecule has 1 aliphatic rings. The molecule has 1 fully saturated rings. The molecule has 4 heteroatoms. The van der Waals surface area contributed by atoms with Gasteiger partial charge in [-0.2, -0.15) is 5.10 Å². The molecule has 4 nitrogen and oxygen atoms in total. The van der Waals surface area contributed by atoms with Gasteiger partial charge in [0.15, 0.2) is 11.5 Å². The lowest BCUT2D eigenvalue weighted by molar-refractivity contribution is 0.662. The molecule has 0 aliphatic heterocycles. The van der Waals surface area contributed by atoms with E-state index < -0.39 is 0 Å². The summed E-state index contributed by atoms with van der Waals surface area (Å²) in [4.78, 5) is 4.28. The molecule has 0 unspecified atom stereocenters. The van der Waals surface area contributed by atoms with Gasteiger partial charge in [0, 0.05) is 6.20 Å². The number of pyridine rings is 1. The predicted octanol–water partition coefficient (Wildman–Crippen LogP) is 1.35. The largest absolute Gasteiger partial charge is 0.382 e. The maximum atomic E-state index is 5.77. The number of anilines is 1. The summed E-state index contributed by atoms with van der Waals surface area (Å²) < 4.78 is 1.95. The molecule has 0 spiro atoms. The van der Waals surface area contributed by atoms with Crippen LogP contribution in [-0.4, -0.2) is 14.8 Å². The van der Waals surface area contributed by atoms with Crippen LogP contribution < -0.4 is 5.73 Å². The lowest BCUT2D eigenvalue weighted by atomic mass is 10.3. The highest BCUT2D eigenvalue weighted by Crippen LogP contribution is 2.37. The van der Waals surface area contributed by atoms with Crippen molar-refractivity contribution >= 4 is 16.9 Å². The van der Waals surface area contributed by atoms with E-state index in [1.807, 2.05) is 16.8 Å². The van der Waals surface area contributed by atoms with Crippen molar-refractivity contribution in [1.29, 1.82) is 0 Å². The topological polar surface area (TPSA) is 56.7 Å². The van der Waals surface area contributed by atoms with E-state index in [1.54, 1.807) is 6.20 Å². The first kappa shape index (κ1) is 6.88. The molecule has 0 aromatic carbocycles. The van der Waals surface area contributed by atoms with Gasteiger partial charge < -0.3 is 5.73 Å². The molecule has 1 aliphatic carbocycles. The zero-order valence-electron chi connectivity index (χ0n) is 7.14. The highest BCUT2D eigenvalue weighted by Gasteiger charge is 2.27. The van der Waals surface area contributed by atoms with Crippen LogP contribution in [0.5, 0.6) is 0 Å². The van der Waals surface area contributed by atoms with Crippen molar-refractivity contribution in [2.75, 3.05) is 5.73 Å². The Labute approximate surface area is 75.4 Å². The van der Waals surface area contributed by atoms with Crippen LogP contribution in [-0.2, 0) is 0 Å². The number of rotatable bonds is 1. The van der Waals surface area contributed by atoms with E-state index in [9.17, 15) is 0 Å². The lowest BCUT2D eigenvalue weighted by Gasteiger charge is -1.96. The fraction of sp³-hybridized carbons (Fsp3) is 0.333. The van der Waals surface area contributed by atoms with Gasteiger partial charge in [-0.05, 0) is 25.0 Å². The monoisotopic (exact) mass is 174 g/mol. The molecule has 2 heterocycles. The van der Waals surface area contributed by atoms with Crippen molar-refractivity contribution in [2.24, 2.45) is 0 Å². The molecule has 2 N–H and O–H groups in total. The summed E-state index contributed by atoms with van der Waals surface area (Å²) in [6.07, 6.45) is 4.18. The highest BCUT2D eigenvalue weighted by molar-refractivity contribution is 5.86. The van der Waals surface area contributed by atoms with E-state index in [-0.39, 0.29) is 0 Å². The van der Waals surface area contributed by atoms with Crippen LogP contribution >= 0.6 is 0 Å². The van der Waals surface area contributed by atoms with Crippen molar-refractivity contribution in [3.63, 3.8) is 0 Å². The number of hydrogen-bond donors (Lipinski definition) is 1. The zero-order chi connectivity index (χ0) is 8.84. The molecule has 1 saturated carbocycles. The smallest absolute Gasteiger partial charge is 0.160 e. The van der Waals surface area contributed by atoms with E-state index in [2.05, 4.69) is 10.1 Å². The molecule has 13 heavy (non-hydrogen) atoms. The maximum absolute atomic E-state index is 5.77. The van der Waals surface area contributed by atoms with E-state index in [0.29, 0.717) is 11.9 Å². The summed E-state index contributed by atoms with van der Waals surface area (Å²) >= 11 is 0. The molecule has 0 saturated heterocycles. The van der Waals surface area contributed by atoms with Crippen LogP contribution in [0.2, 0.25) is 0 Å². The summed E-state index contributed by atoms with van der Waals surface area (Å²) in [5.41, 5.74) is 6.69. The second kappa shape index (κ2) is 2.22. The molecule has 0 bridgehead atoms. The number of nitrogens with zero attached hydrogens (tertiary/aromatic N) is 3. The summed E-state index contributed by atoms with van der Waals surface area (Å²) in [6, 6.07) is 4.39. The Kier molecular flexibility index (Phi) is 1.17. The molecule has 0 radical (unpaired) electrons. The molecule has 66 valence electrons. The van der Waals surface area contributed by atoms with Crippen molar-refractivity contribution in [1.82, 2.24) is 14.8 Å². The van der Waals surface area contributed by atoms with Crippen LogP contribution in [0.1, 0.15) is 18.9 Å². The number of nitrogens with two attached hydrogens (primary N) is 1. The van der Waals surface area contributed by atoms with Gasteiger partial charge >= 0.3 is 0 Å². The van der Waals surface area contributed by atoms with E-state index in [1.165, 1.54) is 12.8 Å². The minimum absolute atomic E-state index is 0.537. The fourth-order valence-corrected chi connectivity index (χ4v) is 1.57. The van der Waals surface area contributed by atoms with E-state index in [4.69, 9.17) is 5.73 Å². The predicted molar refractivity (Wildman–Crippen MR) is 50.2 cm³/mol. The van der Waals surface area contributed by atoms with Crippen molar-refractivity contribution < 1.29 is 0 Å². The summed E-state index contributed by atoms with van der Waals surface area (Å²) in [5.74, 6) is 0.593. The number of aromatic nitrogens is 3. The quantitative estimate of drug-likeness (QED) is 0.709. The van der Waals surface area contributed by atoms with Gasteiger partial charge in [-0.25, -0.2) is 9.67 Å². The minimum atomic E-state index is 0.537. The molecule has 3 rings (SSSR count). The third-order valence-corrected chi connectivity index (χ3v) is 2.39. The normalized spacial score (nSPS) is 16.6. The minimum Gasteiger partial charge on any atom is -0.382 e. The Morgan fingerprint density at radius 2 is 2.31 bits per heavy atom. The Bertz CT molecular complexity index is 456. The third-order valence-electron chi connectivity index (χ3n) is 2.39.